The topological polar surface area (TPSA) is 70.5 Å². The molecule has 2 heterocycles. The Kier molecular flexibility index (Phi) is 3.17. The summed E-state index contributed by atoms with van der Waals surface area (Å²) < 4.78 is 16.6. The zero-order chi connectivity index (χ0) is 12.4. The van der Waals surface area contributed by atoms with Gasteiger partial charge in [0.05, 0.1) is 12.7 Å². The van der Waals surface area contributed by atoms with Crippen LogP contribution >= 0.6 is 0 Å². The summed E-state index contributed by atoms with van der Waals surface area (Å²) in [5.74, 6) is 0.577. The van der Waals surface area contributed by atoms with Gasteiger partial charge in [-0.1, -0.05) is 0 Å². The number of rotatable bonds is 4. The van der Waals surface area contributed by atoms with Crippen molar-refractivity contribution >= 4 is 16.8 Å². The molecule has 0 aliphatic carbocycles. The summed E-state index contributed by atoms with van der Waals surface area (Å²) in [6, 6.07) is 5.42. The lowest BCUT2D eigenvalue weighted by molar-refractivity contribution is 0.00489. The molecule has 0 amide bonds. The lowest BCUT2D eigenvalue weighted by Crippen LogP contribution is -2.13. The Morgan fingerprint density at radius 3 is 3.22 bits per heavy atom. The first-order valence-electron chi connectivity index (χ1n) is 6.15. The van der Waals surface area contributed by atoms with Crippen LogP contribution in [0.25, 0.3) is 11.1 Å². The van der Waals surface area contributed by atoms with E-state index in [0.29, 0.717) is 30.4 Å². The number of oxazole rings is 1. The molecule has 0 radical (unpaired) electrons. The van der Waals surface area contributed by atoms with Crippen LogP contribution in [0.3, 0.4) is 0 Å². The molecule has 1 aliphatic heterocycles. The average Bonchev–Trinajstić information content (AvgIpc) is 2.97. The molecule has 5 heteroatoms. The molecular weight excluding hydrogens is 232 g/mol. The molecule has 0 saturated carbocycles. The third-order valence-electron chi connectivity index (χ3n) is 3.01. The average molecular weight is 248 g/mol. The van der Waals surface area contributed by atoms with E-state index in [-0.39, 0.29) is 6.10 Å². The summed E-state index contributed by atoms with van der Waals surface area (Å²) in [6.07, 6.45) is 2.42. The summed E-state index contributed by atoms with van der Waals surface area (Å²) in [7, 11) is 0. The highest BCUT2D eigenvalue weighted by atomic mass is 16.5. The first-order chi connectivity index (χ1) is 8.81. The molecule has 1 saturated heterocycles. The molecule has 1 aliphatic rings. The highest BCUT2D eigenvalue weighted by molar-refractivity contribution is 5.76. The molecule has 2 aromatic rings. The molecule has 1 unspecified atom stereocenters. The van der Waals surface area contributed by atoms with Crippen LogP contribution in [0.5, 0.6) is 0 Å². The van der Waals surface area contributed by atoms with Gasteiger partial charge in [0.2, 0.25) is 5.89 Å². The third kappa shape index (κ3) is 2.47. The molecule has 1 fully saturated rings. The molecule has 96 valence electrons. The molecule has 1 atom stereocenters. The molecular formula is C13H16N2O3. The predicted molar refractivity (Wildman–Crippen MR) is 67.1 cm³/mol. The van der Waals surface area contributed by atoms with Crippen LogP contribution in [0.1, 0.15) is 18.7 Å². The van der Waals surface area contributed by atoms with Gasteiger partial charge in [-0.2, -0.15) is 0 Å². The fourth-order valence-electron chi connectivity index (χ4n) is 2.10. The van der Waals surface area contributed by atoms with Crippen molar-refractivity contribution in [2.75, 3.05) is 18.9 Å². The summed E-state index contributed by atoms with van der Waals surface area (Å²) in [4.78, 5) is 4.33. The molecule has 2 N–H and O–H groups in total. The fourth-order valence-corrected chi connectivity index (χ4v) is 2.10. The first kappa shape index (κ1) is 11.5. The molecule has 1 aromatic heterocycles. The number of anilines is 1. The number of hydrogen-bond donors (Lipinski definition) is 1. The number of nitrogens with zero attached hydrogens (tertiary/aromatic N) is 1. The van der Waals surface area contributed by atoms with Crippen LogP contribution in [0.2, 0.25) is 0 Å². The van der Waals surface area contributed by atoms with E-state index in [9.17, 15) is 0 Å². The quantitative estimate of drug-likeness (QED) is 0.839. The highest BCUT2D eigenvalue weighted by Crippen LogP contribution is 2.19. The van der Waals surface area contributed by atoms with Gasteiger partial charge in [0.15, 0.2) is 5.58 Å². The van der Waals surface area contributed by atoms with E-state index < -0.39 is 0 Å². The monoisotopic (exact) mass is 248 g/mol. The van der Waals surface area contributed by atoms with E-state index in [4.69, 9.17) is 19.6 Å². The minimum absolute atomic E-state index is 0.227. The minimum atomic E-state index is 0.227. The number of hydrogen-bond acceptors (Lipinski definition) is 5. The number of ether oxygens (including phenoxy) is 2. The van der Waals surface area contributed by atoms with Crippen molar-refractivity contribution in [3.63, 3.8) is 0 Å². The van der Waals surface area contributed by atoms with Crippen LogP contribution in [0.15, 0.2) is 22.6 Å². The van der Waals surface area contributed by atoms with Crippen molar-refractivity contribution in [1.82, 2.24) is 4.98 Å². The van der Waals surface area contributed by atoms with Gasteiger partial charge < -0.3 is 19.6 Å². The molecule has 0 bridgehead atoms. The van der Waals surface area contributed by atoms with Crippen LogP contribution in [0, 0.1) is 0 Å². The van der Waals surface area contributed by atoms with Crippen molar-refractivity contribution in [3.05, 3.63) is 24.1 Å². The smallest absolute Gasteiger partial charge is 0.221 e. The molecule has 5 nitrogen and oxygen atoms in total. The van der Waals surface area contributed by atoms with Gasteiger partial charge in [0.25, 0.3) is 0 Å². The van der Waals surface area contributed by atoms with Gasteiger partial charge in [-0.3, -0.25) is 0 Å². The maximum Gasteiger partial charge on any atom is 0.221 e. The van der Waals surface area contributed by atoms with Crippen LogP contribution in [-0.2, 0) is 16.1 Å². The number of nitrogens with two attached hydrogens (primary N) is 1. The van der Waals surface area contributed by atoms with Crippen molar-refractivity contribution < 1.29 is 13.9 Å². The van der Waals surface area contributed by atoms with E-state index >= 15 is 0 Å². The molecule has 0 spiro atoms. The van der Waals surface area contributed by atoms with Gasteiger partial charge in [-0.05, 0) is 25.0 Å². The van der Waals surface area contributed by atoms with E-state index in [0.717, 1.165) is 25.0 Å². The Morgan fingerprint density at radius 1 is 1.44 bits per heavy atom. The standard InChI is InChI=1S/C13H16N2O3/c14-9-3-4-11-12(6-9)18-13(15-11)8-16-7-10-2-1-5-17-10/h3-4,6,10H,1-2,5,7-8,14H2. The third-order valence-corrected chi connectivity index (χ3v) is 3.01. The van der Waals surface area contributed by atoms with Crippen molar-refractivity contribution in [2.24, 2.45) is 0 Å². The van der Waals surface area contributed by atoms with E-state index in [2.05, 4.69) is 4.98 Å². The van der Waals surface area contributed by atoms with Gasteiger partial charge in [0, 0.05) is 18.4 Å². The van der Waals surface area contributed by atoms with Gasteiger partial charge in [0.1, 0.15) is 12.1 Å². The Morgan fingerprint density at radius 2 is 2.39 bits per heavy atom. The zero-order valence-electron chi connectivity index (χ0n) is 10.1. The second-order valence-corrected chi connectivity index (χ2v) is 4.48. The maximum atomic E-state index is 5.68. The Bertz CT molecular complexity index is 532. The Labute approximate surface area is 105 Å². The summed E-state index contributed by atoms with van der Waals surface area (Å²) in [5.41, 5.74) is 7.86. The maximum absolute atomic E-state index is 5.68. The van der Waals surface area contributed by atoms with E-state index in [1.165, 1.54) is 0 Å². The normalized spacial score (nSPS) is 19.7. The number of benzene rings is 1. The number of fused-ring (bicyclic) bond motifs is 1. The minimum Gasteiger partial charge on any atom is -0.438 e. The lowest BCUT2D eigenvalue weighted by atomic mass is 10.2. The first-order valence-corrected chi connectivity index (χ1v) is 6.15. The summed E-state index contributed by atoms with van der Waals surface area (Å²) >= 11 is 0. The number of nitrogen functional groups attached to an aromatic ring is 1. The largest absolute Gasteiger partial charge is 0.438 e. The van der Waals surface area contributed by atoms with E-state index in [1.807, 2.05) is 12.1 Å². The van der Waals surface area contributed by atoms with Crippen LogP contribution < -0.4 is 5.73 Å². The summed E-state index contributed by atoms with van der Waals surface area (Å²) in [5, 5.41) is 0. The predicted octanol–water partition coefficient (Wildman–Crippen LogP) is 2.11. The van der Waals surface area contributed by atoms with Crippen LogP contribution in [0.4, 0.5) is 5.69 Å². The molecule has 1 aromatic carbocycles. The van der Waals surface area contributed by atoms with Crippen LogP contribution in [-0.4, -0.2) is 24.3 Å². The SMILES string of the molecule is Nc1ccc2nc(COCC3CCCO3)oc2c1. The van der Waals surface area contributed by atoms with Crippen molar-refractivity contribution in [2.45, 2.75) is 25.6 Å². The van der Waals surface area contributed by atoms with Gasteiger partial charge in [-0.15, -0.1) is 0 Å². The fraction of sp³-hybridized carbons (Fsp3) is 0.462. The second-order valence-electron chi connectivity index (χ2n) is 4.48. The van der Waals surface area contributed by atoms with Gasteiger partial charge >= 0.3 is 0 Å². The zero-order valence-corrected chi connectivity index (χ0v) is 10.1. The lowest BCUT2D eigenvalue weighted by Gasteiger charge is -2.08. The van der Waals surface area contributed by atoms with E-state index in [1.54, 1.807) is 6.07 Å². The van der Waals surface area contributed by atoms with Crippen molar-refractivity contribution in [3.8, 4) is 0 Å². The highest BCUT2D eigenvalue weighted by Gasteiger charge is 2.16. The molecule has 3 rings (SSSR count). The summed E-state index contributed by atoms with van der Waals surface area (Å²) in [6.45, 7) is 1.81. The number of aromatic nitrogens is 1. The second kappa shape index (κ2) is 4.96. The molecule has 18 heavy (non-hydrogen) atoms. The van der Waals surface area contributed by atoms with Crippen molar-refractivity contribution in [1.29, 1.82) is 0 Å². The Balaban J connectivity index is 1.60. The Hall–Kier alpha value is -1.59. The van der Waals surface area contributed by atoms with Gasteiger partial charge in [-0.25, -0.2) is 4.98 Å².